The van der Waals surface area contributed by atoms with Crippen LogP contribution in [-0.4, -0.2) is 29.8 Å². The van der Waals surface area contributed by atoms with Crippen molar-refractivity contribution in [3.05, 3.63) is 12.2 Å². The normalized spacial score (nSPS) is 13.4. The molecule has 0 bridgehead atoms. The molecule has 0 aromatic rings. The van der Waals surface area contributed by atoms with Gasteiger partial charge in [-0.3, -0.25) is 4.79 Å². The van der Waals surface area contributed by atoms with Crippen LogP contribution in [0.5, 0.6) is 0 Å². The number of rotatable bonds is 6. The summed E-state index contributed by atoms with van der Waals surface area (Å²) in [4.78, 5) is 10.6. The first-order chi connectivity index (χ1) is 7.91. The Labute approximate surface area is 97.7 Å². The van der Waals surface area contributed by atoms with Crippen LogP contribution < -0.4 is 5.32 Å². The number of hydrogen-bond acceptors (Lipinski definition) is 2. The summed E-state index contributed by atoms with van der Waals surface area (Å²) in [5.74, 6) is 0.355. The lowest BCUT2D eigenvalue weighted by molar-refractivity contribution is -0.174. The van der Waals surface area contributed by atoms with Gasteiger partial charge < -0.3 is 10.4 Å². The molecule has 0 spiro atoms. The highest BCUT2D eigenvalue weighted by atomic mass is 19.4. The van der Waals surface area contributed by atoms with Gasteiger partial charge in [-0.25, -0.2) is 0 Å². The Balaban J connectivity index is 4.09. The number of carbonyl (C=O) groups is 1. The average Bonchev–Trinajstić information content (AvgIpc) is 2.25. The summed E-state index contributed by atoms with van der Waals surface area (Å²) in [6.45, 7) is -0.590. The number of alkyl halides is 3. The SMILES string of the molecule is C#CCCC/C=C\[C@H](CO)NC(=O)C(F)(F)F. The summed E-state index contributed by atoms with van der Waals surface area (Å²) in [6.07, 6.45) is 4.84. The number of aliphatic hydroxyl groups is 1. The third-order valence-corrected chi connectivity index (χ3v) is 1.83. The molecule has 0 fully saturated rings. The van der Waals surface area contributed by atoms with E-state index in [1.54, 1.807) is 11.4 Å². The van der Waals surface area contributed by atoms with Gasteiger partial charge in [-0.2, -0.15) is 13.2 Å². The molecule has 0 saturated heterocycles. The van der Waals surface area contributed by atoms with E-state index in [1.807, 2.05) is 0 Å². The zero-order chi connectivity index (χ0) is 13.3. The van der Waals surface area contributed by atoms with Gasteiger partial charge in [-0.05, 0) is 12.8 Å². The van der Waals surface area contributed by atoms with Crippen molar-refractivity contribution in [3.8, 4) is 12.3 Å². The predicted octanol–water partition coefficient (Wildman–Crippen LogP) is 1.39. The second-order valence-electron chi connectivity index (χ2n) is 3.28. The minimum Gasteiger partial charge on any atom is -0.394 e. The van der Waals surface area contributed by atoms with E-state index in [9.17, 15) is 18.0 Å². The summed E-state index contributed by atoms with van der Waals surface area (Å²) < 4.78 is 35.7. The second-order valence-corrected chi connectivity index (χ2v) is 3.28. The van der Waals surface area contributed by atoms with E-state index in [1.165, 1.54) is 6.08 Å². The van der Waals surface area contributed by atoms with Crippen LogP contribution in [0, 0.1) is 12.3 Å². The predicted molar refractivity (Wildman–Crippen MR) is 56.9 cm³/mol. The van der Waals surface area contributed by atoms with E-state index in [4.69, 9.17) is 11.5 Å². The maximum Gasteiger partial charge on any atom is 0.471 e. The smallest absolute Gasteiger partial charge is 0.394 e. The van der Waals surface area contributed by atoms with Gasteiger partial charge in [0.25, 0.3) is 0 Å². The molecule has 0 heterocycles. The third-order valence-electron chi connectivity index (χ3n) is 1.83. The first-order valence-electron chi connectivity index (χ1n) is 5.00. The van der Waals surface area contributed by atoms with Gasteiger partial charge in [-0.1, -0.05) is 12.2 Å². The maximum atomic E-state index is 11.9. The number of aliphatic hydroxyl groups excluding tert-OH is 1. The van der Waals surface area contributed by atoms with Crippen molar-refractivity contribution in [3.63, 3.8) is 0 Å². The van der Waals surface area contributed by atoms with Crippen LogP contribution in [0.25, 0.3) is 0 Å². The number of allylic oxidation sites excluding steroid dienone is 1. The monoisotopic (exact) mass is 249 g/mol. The van der Waals surface area contributed by atoms with Crippen LogP contribution in [0.3, 0.4) is 0 Å². The van der Waals surface area contributed by atoms with Crippen molar-refractivity contribution in [1.82, 2.24) is 5.32 Å². The van der Waals surface area contributed by atoms with E-state index in [2.05, 4.69) is 5.92 Å². The van der Waals surface area contributed by atoms with Gasteiger partial charge in [0, 0.05) is 6.42 Å². The third kappa shape index (κ3) is 7.41. The molecule has 0 radical (unpaired) electrons. The van der Waals surface area contributed by atoms with Crippen molar-refractivity contribution in [1.29, 1.82) is 0 Å². The van der Waals surface area contributed by atoms with Crippen LogP contribution in [0.2, 0.25) is 0 Å². The van der Waals surface area contributed by atoms with Crippen LogP contribution in [-0.2, 0) is 4.79 Å². The molecular formula is C11H14F3NO2. The highest BCUT2D eigenvalue weighted by molar-refractivity contribution is 5.82. The molecule has 6 heteroatoms. The van der Waals surface area contributed by atoms with E-state index in [0.717, 1.165) is 0 Å². The maximum absolute atomic E-state index is 11.9. The fourth-order valence-electron chi connectivity index (χ4n) is 0.987. The molecular weight excluding hydrogens is 235 g/mol. The van der Waals surface area contributed by atoms with E-state index >= 15 is 0 Å². The molecule has 0 aromatic heterocycles. The van der Waals surface area contributed by atoms with Crippen LogP contribution in [0.15, 0.2) is 12.2 Å². The van der Waals surface area contributed by atoms with Gasteiger partial charge >= 0.3 is 12.1 Å². The fourth-order valence-corrected chi connectivity index (χ4v) is 0.987. The standard InChI is InChI=1S/C11H14F3NO2/c1-2-3-4-5-6-7-9(8-16)15-10(17)11(12,13)14/h1,6-7,9,16H,3-5,8H2,(H,15,17)/b7-6-/t9-/m1/s1. The van der Waals surface area contributed by atoms with Crippen molar-refractivity contribution in [2.75, 3.05) is 6.61 Å². The first kappa shape index (κ1) is 15.5. The Morgan fingerprint density at radius 1 is 1.53 bits per heavy atom. The molecule has 0 rings (SSSR count). The summed E-state index contributed by atoms with van der Waals surface area (Å²) in [5.41, 5.74) is 0. The van der Waals surface area contributed by atoms with E-state index in [-0.39, 0.29) is 0 Å². The van der Waals surface area contributed by atoms with Crippen LogP contribution in [0.1, 0.15) is 19.3 Å². The summed E-state index contributed by atoms with van der Waals surface area (Å²) in [6, 6.07) is -1.03. The van der Waals surface area contributed by atoms with Gasteiger partial charge in [0.1, 0.15) is 0 Å². The largest absolute Gasteiger partial charge is 0.471 e. The van der Waals surface area contributed by atoms with E-state index in [0.29, 0.717) is 19.3 Å². The fraction of sp³-hybridized carbons (Fsp3) is 0.545. The summed E-state index contributed by atoms with van der Waals surface area (Å²) in [7, 11) is 0. The molecule has 2 N–H and O–H groups in total. The molecule has 0 unspecified atom stereocenters. The quantitative estimate of drug-likeness (QED) is 0.424. The number of hydrogen-bond donors (Lipinski definition) is 2. The minimum absolute atomic E-state index is 0.572. The molecule has 0 saturated carbocycles. The van der Waals surface area contributed by atoms with Gasteiger partial charge in [-0.15, -0.1) is 12.3 Å². The number of unbranched alkanes of at least 4 members (excludes halogenated alkanes) is 2. The summed E-state index contributed by atoms with van der Waals surface area (Å²) in [5, 5.41) is 10.4. The Kier molecular flexibility index (Phi) is 7.06. The lowest BCUT2D eigenvalue weighted by Crippen LogP contribution is -2.43. The number of halogens is 3. The highest BCUT2D eigenvalue weighted by Gasteiger charge is 2.39. The number of nitrogens with one attached hydrogen (secondary N) is 1. The minimum atomic E-state index is -4.94. The number of terminal acetylenes is 1. The molecule has 0 aromatic carbocycles. The van der Waals surface area contributed by atoms with Crippen LogP contribution >= 0.6 is 0 Å². The van der Waals surface area contributed by atoms with Crippen molar-refractivity contribution in [2.24, 2.45) is 0 Å². The molecule has 1 amide bonds. The van der Waals surface area contributed by atoms with Crippen molar-refractivity contribution >= 4 is 5.91 Å². The Morgan fingerprint density at radius 2 is 2.18 bits per heavy atom. The lowest BCUT2D eigenvalue weighted by atomic mass is 10.2. The molecule has 1 atom stereocenters. The van der Waals surface area contributed by atoms with Crippen LogP contribution in [0.4, 0.5) is 13.2 Å². The summed E-state index contributed by atoms with van der Waals surface area (Å²) >= 11 is 0. The van der Waals surface area contributed by atoms with E-state index < -0.39 is 24.7 Å². The average molecular weight is 249 g/mol. The lowest BCUT2D eigenvalue weighted by Gasteiger charge is -2.13. The van der Waals surface area contributed by atoms with Crippen molar-refractivity contribution < 1.29 is 23.1 Å². The molecule has 0 aliphatic carbocycles. The highest BCUT2D eigenvalue weighted by Crippen LogP contribution is 2.14. The Hall–Kier alpha value is -1.48. The van der Waals surface area contributed by atoms with Gasteiger partial charge in [0.05, 0.1) is 12.6 Å². The molecule has 0 aliphatic heterocycles. The molecule has 17 heavy (non-hydrogen) atoms. The Morgan fingerprint density at radius 3 is 2.65 bits per heavy atom. The zero-order valence-corrected chi connectivity index (χ0v) is 9.13. The number of amides is 1. The topological polar surface area (TPSA) is 49.3 Å². The molecule has 96 valence electrons. The van der Waals surface area contributed by atoms with Gasteiger partial charge in [0.15, 0.2) is 0 Å². The van der Waals surface area contributed by atoms with Crippen molar-refractivity contribution in [2.45, 2.75) is 31.5 Å². The molecule has 0 aliphatic rings. The Bertz CT molecular complexity index is 305. The number of carbonyl (C=O) groups excluding carboxylic acids is 1. The molecule has 3 nitrogen and oxygen atoms in total. The first-order valence-corrected chi connectivity index (χ1v) is 5.00. The second kappa shape index (κ2) is 7.74. The van der Waals surface area contributed by atoms with Gasteiger partial charge in [0.2, 0.25) is 0 Å². The zero-order valence-electron chi connectivity index (χ0n) is 9.13.